The number of carboxylic acids is 1. The molecular formula is C13H13N3O2. The molecule has 2 rings (SSSR count). The highest BCUT2D eigenvalue weighted by atomic mass is 16.4. The Morgan fingerprint density at radius 2 is 2.17 bits per heavy atom. The molecule has 0 amide bonds. The summed E-state index contributed by atoms with van der Waals surface area (Å²) < 4.78 is 0. The molecule has 5 heteroatoms. The number of nitrogens with zero attached hydrogens (tertiary/aromatic N) is 3. The van der Waals surface area contributed by atoms with Crippen molar-refractivity contribution in [2.45, 2.75) is 20.3 Å². The molecule has 0 saturated heterocycles. The molecule has 0 saturated carbocycles. The summed E-state index contributed by atoms with van der Waals surface area (Å²) >= 11 is 0. The van der Waals surface area contributed by atoms with Crippen molar-refractivity contribution in [2.75, 3.05) is 0 Å². The number of carbonyl (C=O) groups is 1. The zero-order valence-electron chi connectivity index (χ0n) is 10.2. The van der Waals surface area contributed by atoms with Gasteiger partial charge in [0, 0.05) is 12.4 Å². The summed E-state index contributed by atoms with van der Waals surface area (Å²) in [7, 11) is 0. The maximum absolute atomic E-state index is 11.0. The lowest BCUT2D eigenvalue weighted by Gasteiger charge is -2.06. The van der Waals surface area contributed by atoms with Gasteiger partial charge in [0.05, 0.1) is 11.3 Å². The van der Waals surface area contributed by atoms with E-state index in [0.717, 1.165) is 5.56 Å². The minimum Gasteiger partial charge on any atom is -0.478 e. The van der Waals surface area contributed by atoms with Crippen LogP contribution in [0.4, 0.5) is 0 Å². The number of aromatic nitrogens is 3. The van der Waals surface area contributed by atoms with Crippen molar-refractivity contribution in [3.05, 3.63) is 41.3 Å². The first-order chi connectivity index (χ1) is 8.63. The summed E-state index contributed by atoms with van der Waals surface area (Å²) in [4.78, 5) is 23.6. The van der Waals surface area contributed by atoms with Gasteiger partial charge in [0.25, 0.3) is 0 Å². The number of aromatic carboxylic acids is 1. The van der Waals surface area contributed by atoms with Gasteiger partial charge < -0.3 is 5.11 Å². The lowest BCUT2D eigenvalue weighted by atomic mass is 10.1. The van der Waals surface area contributed by atoms with E-state index in [4.69, 9.17) is 5.11 Å². The first kappa shape index (κ1) is 12.2. The monoisotopic (exact) mass is 243 g/mol. The Kier molecular flexibility index (Phi) is 3.32. The molecule has 5 nitrogen and oxygen atoms in total. The van der Waals surface area contributed by atoms with E-state index in [0.29, 0.717) is 23.6 Å². The number of aryl methyl sites for hydroxylation is 2. The lowest BCUT2D eigenvalue weighted by molar-refractivity contribution is 0.0694. The molecule has 0 spiro atoms. The van der Waals surface area contributed by atoms with Crippen molar-refractivity contribution in [3.63, 3.8) is 0 Å². The van der Waals surface area contributed by atoms with Crippen LogP contribution in [0.2, 0.25) is 0 Å². The Morgan fingerprint density at radius 3 is 2.78 bits per heavy atom. The Morgan fingerprint density at radius 1 is 1.39 bits per heavy atom. The van der Waals surface area contributed by atoms with Crippen LogP contribution in [0.15, 0.2) is 24.5 Å². The van der Waals surface area contributed by atoms with Gasteiger partial charge in [0.2, 0.25) is 0 Å². The van der Waals surface area contributed by atoms with Gasteiger partial charge in [-0.2, -0.15) is 0 Å². The van der Waals surface area contributed by atoms with Gasteiger partial charge in [0.15, 0.2) is 5.82 Å². The molecule has 0 bridgehead atoms. The van der Waals surface area contributed by atoms with Crippen LogP contribution in [-0.2, 0) is 6.42 Å². The highest BCUT2D eigenvalue weighted by Gasteiger charge is 2.14. The van der Waals surface area contributed by atoms with Gasteiger partial charge >= 0.3 is 5.97 Å². The van der Waals surface area contributed by atoms with Crippen LogP contribution in [0.5, 0.6) is 0 Å². The van der Waals surface area contributed by atoms with Crippen LogP contribution >= 0.6 is 0 Å². The Hall–Kier alpha value is -2.30. The van der Waals surface area contributed by atoms with Crippen LogP contribution in [0, 0.1) is 6.92 Å². The molecule has 0 radical (unpaired) electrons. The van der Waals surface area contributed by atoms with Crippen LogP contribution in [0.25, 0.3) is 11.5 Å². The van der Waals surface area contributed by atoms with Crippen molar-refractivity contribution < 1.29 is 9.90 Å². The van der Waals surface area contributed by atoms with Gasteiger partial charge in [-0.05, 0) is 25.0 Å². The fourth-order valence-electron chi connectivity index (χ4n) is 1.70. The van der Waals surface area contributed by atoms with Crippen molar-refractivity contribution in [2.24, 2.45) is 0 Å². The van der Waals surface area contributed by atoms with Crippen LogP contribution < -0.4 is 0 Å². The quantitative estimate of drug-likeness (QED) is 0.893. The van der Waals surface area contributed by atoms with E-state index in [9.17, 15) is 4.79 Å². The van der Waals surface area contributed by atoms with Gasteiger partial charge in [0.1, 0.15) is 5.69 Å². The second-order valence-corrected chi connectivity index (χ2v) is 3.88. The minimum atomic E-state index is -1.00. The van der Waals surface area contributed by atoms with Crippen molar-refractivity contribution >= 4 is 5.97 Å². The van der Waals surface area contributed by atoms with Crippen molar-refractivity contribution in [1.82, 2.24) is 15.0 Å². The summed E-state index contributed by atoms with van der Waals surface area (Å²) in [6.07, 6.45) is 3.56. The van der Waals surface area contributed by atoms with E-state index in [2.05, 4.69) is 15.0 Å². The number of pyridine rings is 1. The summed E-state index contributed by atoms with van der Waals surface area (Å²) in [5, 5.41) is 9.02. The molecule has 0 aliphatic rings. The van der Waals surface area contributed by atoms with Crippen LogP contribution in [0.1, 0.15) is 28.5 Å². The van der Waals surface area contributed by atoms with Gasteiger partial charge in [-0.1, -0.05) is 13.0 Å². The second-order valence-electron chi connectivity index (χ2n) is 3.88. The Balaban J connectivity index is 2.55. The first-order valence-corrected chi connectivity index (χ1v) is 5.64. The van der Waals surface area contributed by atoms with E-state index in [-0.39, 0.29) is 5.56 Å². The molecule has 0 atom stereocenters. The molecule has 0 fully saturated rings. The van der Waals surface area contributed by atoms with Crippen molar-refractivity contribution in [1.29, 1.82) is 0 Å². The van der Waals surface area contributed by atoms with Gasteiger partial charge in [-0.15, -0.1) is 0 Å². The van der Waals surface area contributed by atoms with E-state index < -0.39 is 5.97 Å². The standard InChI is InChI=1S/C13H13N3O2/c1-3-10-9(13(17)18)7-15-12(16-10)11-8(2)5-4-6-14-11/h4-7H,3H2,1-2H3,(H,17,18). The third kappa shape index (κ3) is 2.20. The predicted molar refractivity (Wildman–Crippen MR) is 66.3 cm³/mol. The topological polar surface area (TPSA) is 76.0 Å². The minimum absolute atomic E-state index is 0.148. The SMILES string of the molecule is CCc1nc(-c2ncccc2C)ncc1C(=O)O. The smallest absolute Gasteiger partial charge is 0.339 e. The zero-order chi connectivity index (χ0) is 13.1. The van der Waals surface area contributed by atoms with Gasteiger partial charge in [-0.25, -0.2) is 14.8 Å². The molecular weight excluding hydrogens is 230 g/mol. The Bertz CT molecular complexity index is 597. The number of carboxylic acid groups (broad SMARTS) is 1. The fourth-order valence-corrected chi connectivity index (χ4v) is 1.70. The van der Waals surface area contributed by atoms with E-state index >= 15 is 0 Å². The predicted octanol–water partition coefficient (Wildman–Crippen LogP) is 2.11. The summed E-state index contributed by atoms with van der Waals surface area (Å²) in [5.41, 5.74) is 2.32. The maximum Gasteiger partial charge on any atom is 0.339 e. The molecule has 0 aliphatic heterocycles. The molecule has 0 unspecified atom stereocenters. The summed E-state index contributed by atoms with van der Waals surface area (Å²) in [5.74, 6) is -0.536. The summed E-state index contributed by atoms with van der Waals surface area (Å²) in [6, 6.07) is 3.76. The van der Waals surface area contributed by atoms with Crippen LogP contribution in [0.3, 0.4) is 0 Å². The molecule has 1 N–H and O–H groups in total. The molecule has 2 aromatic rings. The number of hydrogen-bond donors (Lipinski definition) is 1. The zero-order valence-corrected chi connectivity index (χ0v) is 10.2. The first-order valence-electron chi connectivity index (χ1n) is 5.64. The van der Waals surface area contributed by atoms with Crippen molar-refractivity contribution in [3.8, 4) is 11.5 Å². The lowest BCUT2D eigenvalue weighted by Crippen LogP contribution is -2.07. The normalized spacial score (nSPS) is 10.3. The number of hydrogen-bond acceptors (Lipinski definition) is 4. The molecule has 2 aromatic heterocycles. The Labute approximate surface area is 105 Å². The van der Waals surface area contributed by atoms with Gasteiger partial charge in [-0.3, -0.25) is 4.98 Å². The fraction of sp³-hybridized carbons (Fsp3) is 0.231. The average molecular weight is 243 g/mol. The average Bonchev–Trinajstić information content (AvgIpc) is 2.38. The third-order valence-electron chi connectivity index (χ3n) is 2.65. The second kappa shape index (κ2) is 4.91. The highest BCUT2D eigenvalue weighted by molar-refractivity contribution is 5.88. The molecule has 0 aliphatic carbocycles. The maximum atomic E-state index is 11.0. The van der Waals surface area contributed by atoms with E-state index in [1.165, 1.54) is 6.20 Å². The van der Waals surface area contributed by atoms with E-state index in [1.54, 1.807) is 6.20 Å². The largest absolute Gasteiger partial charge is 0.478 e. The third-order valence-corrected chi connectivity index (χ3v) is 2.65. The molecule has 2 heterocycles. The van der Waals surface area contributed by atoms with Crippen LogP contribution in [-0.4, -0.2) is 26.0 Å². The highest BCUT2D eigenvalue weighted by Crippen LogP contribution is 2.18. The summed E-state index contributed by atoms with van der Waals surface area (Å²) in [6.45, 7) is 3.78. The molecule has 92 valence electrons. The van der Waals surface area contributed by atoms with E-state index in [1.807, 2.05) is 26.0 Å². The molecule has 0 aromatic carbocycles. The molecule has 18 heavy (non-hydrogen) atoms. The number of rotatable bonds is 3.